The highest BCUT2D eigenvalue weighted by Crippen LogP contribution is 2.20. The maximum Gasteiger partial charge on any atom is 0.213 e. The predicted octanol–water partition coefficient (Wildman–Crippen LogP) is 2.47. The summed E-state index contributed by atoms with van der Waals surface area (Å²) in [5.74, 6) is 0.736. The molecule has 1 aromatic heterocycles. The molecule has 0 spiro atoms. The van der Waals surface area contributed by atoms with Crippen molar-refractivity contribution in [1.82, 2.24) is 4.98 Å². The number of nitrogens with zero attached hydrogens (tertiary/aromatic N) is 2. The van der Waals surface area contributed by atoms with Crippen molar-refractivity contribution in [2.24, 2.45) is 0 Å². The highest BCUT2D eigenvalue weighted by molar-refractivity contribution is 5.46. The van der Waals surface area contributed by atoms with Gasteiger partial charge < -0.3 is 9.64 Å². The summed E-state index contributed by atoms with van der Waals surface area (Å²) in [5, 5.41) is 0. The first-order valence-corrected chi connectivity index (χ1v) is 5.74. The standard InChI is InChI=1S/C12H18N2O/c1-2-9-15-12-6-5-11(10-13-12)14-7-3-4-8-14/h5-6,10H,2-4,7-9H2,1H3. The number of hydrogen-bond acceptors (Lipinski definition) is 3. The van der Waals surface area contributed by atoms with Crippen LogP contribution in [0.4, 0.5) is 5.69 Å². The molecule has 1 aromatic rings. The molecule has 2 heterocycles. The molecule has 2 rings (SSSR count). The molecule has 0 aromatic carbocycles. The SMILES string of the molecule is CCCOc1ccc(N2CCCC2)cn1. The minimum Gasteiger partial charge on any atom is -0.478 e. The Balaban J connectivity index is 1.96. The first kappa shape index (κ1) is 10.3. The topological polar surface area (TPSA) is 25.4 Å². The van der Waals surface area contributed by atoms with Crippen molar-refractivity contribution in [3.63, 3.8) is 0 Å². The Labute approximate surface area is 91.1 Å². The van der Waals surface area contributed by atoms with Crippen LogP contribution in [0, 0.1) is 0 Å². The molecule has 82 valence electrons. The Morgan fingerprint density at radius 3 is 2.73 bits per heavy atom. The van der Waals surface area contributed by atoms with Gasteiger partial charge in [0.2, 0.25) is 5.88 Å². The number of aromatic nitrogens is 1. The fourth-order valence-electron chi connectivity index (χ4n) is 1.83. The van der Waals surface area contributed by atoms with Gasteiger partial charge in [-0.05, 0) is 25.3 Å². The summed E-state index contributed by atoms with van der Waals surface area (Å²) < 4.78 is 5.44. The third kappa shape index (κ3) is 2.61. The zero-order valence-corrected chi connectivity index (χ0v) is 9.28. The van der Waals surface area contributed by atoms with Crippen molar-refractivity contribution in [1.29, 1.82) is 0 Å². The van der Waals surface area contributed by atoms with E-state index in [1.165, 1.54) is 18.5 Å². The lowest BCUT2D eigenvalue weighted by molar-refractivity contribution is 0.305. The Kier molecular flexibility index (Phi) is 3.43. The molecule has 0 aliphatic carbocycles. The lowest BCUT2D eigenvalue weighted by atomic mass is 10.4. The molecule has 0 atom stereocenters. The molecule has 0 saturated carbocycles. The van der Waals surface area contributed by atoms with Crippen LogP contribution in [-0.2, 0) is 0 Å². The van der Waals surface area contributed by atoms with Crippen LogP contribution in [0.25, 0.3) is 0 Å². The predicted molar refractivity (Wildman–Crippen MR) is 61.5 cm³/mol. The van der Waals surface area contributed by atoms with E-state index in [1.54, 1.807) is 0 Å². The summed E-state index contributed by atoms with van der Waals surface area (Å²) >= 11 is 0. The number of rotatable bonds is 4. The van der Waals surface area contributed by atoms with Crippen LogP contribution >= 0.6 is 0 Å². The van der Waals surface area contributed by atoms with Crippen LogP contribution in [-0.4, -0.2) is 24.7 Å². The van der Waals surface area contributed by atoms with Crippen LogP contribution < -0.4 is 9.64 Å². The smallest absolute Gasteiger partial charge is 0.213 e. The Morgan fingerprint density at radius 2 is 2.13 bits per heavy atom. The third-order valence-electron chi connectivity index (χ3n) is 2.65. The van der Waals surface area contributed by atoms with Gasteiger partial charge in [-0.15, -0.1) is 0 Å². The van der Waals surface area contributed by atoms with Gasteiger partial charge in [0.05, 0.1) is 18.5 Å². The molecule has 0 bridgehead atoms. The summed E-state index contributed by atoms with van der Waals surface area (Å²) in [6.45, 7) is 5.17. The molecule has 1 aliphatic rings. The molecule has 1 aliphatic heterocycles. The molecule has 1 fully saturated rings. The lowest BCUT2D eigenvalue weighted by Gasteiger charge is -2.16. The Hall–Kier alpha value is -1.25. The van der Waals surface area contributed by atoms with E-state index in [2.05, 4.69) is 22.9 Å². The number of ether oxygens (including phenoxy) is 1. The van der Waals surface area contributed by atoms with Crippen LogP contribution in [0.1, 0.15) is 26.2 Å². The van der Waals surface area contributed by atoms with Crippen molar-refractivity contribution in [3.05, 3.63) is 18.3 Å². The van der Waals surface area contributed by atoms with Crippen molar-refractivity contribution in [2.75, 3.05) is 24.6 Å². The monoisotopic (exact) mass is 206 g/mol. The third-order valence-corrected chi connectivity index (χ3v) is 2.65. The molecule has 3 heteroatoms. The average Bonchev–Trinajstić information content (AvgIpc) is 2.80. The van der Waals surface area contributed by atoms with Crippen molar-refractivity contribution in [2.45, 2.75) is 26.2 Å². The number of pyridine rings is 1. The van der Waals surface area contributed by atoms with E-state index < -0.39 is 0 Å². The summed E-state index contributed by atoms with van der Waals surface area (Å²) in [7, 11) is 0. The Morgan fingerprint density at radius 1 is 1.33 bits per heavy atom. The molecule has 3 nitrogen and oxygen atoms in total. The zero-order chi connectivity index (χ0) is 10.5. The minimum absolute atomic E-state index is 0.736. The lowest BCUT2D eigenvalue weighted by Crippen LogP contribution is -2.17. The molecule has 15 heavy (non-hydrogen) atoms. The van der Waals surface area contributed by atoms with Gasteiger partial charge in [-0.25, -0.2) is 4.98 Å². The van der Waals surface area contributed by atoms with E-state index in [9.17, 15) is 0 Å². The zero-order valence-electron chi connectivity index (χ0n) is 9.28. The first-order valence-electron chi connectivity index (χ1n) is 5.74. The molecule has 0 radical (unpaired) electrons. The van der Waals surface area contributed by atoms with Crippen LogP contribution in [0.5, 0.6) is 5.88 Å². The summed E-state index contributed by atoms with van der Waals surface area (Å²) in [6, 6.07) is 4.06. The molecule has 0 N–H and O–H groups in total. The fourth-order valence-corrected chi connectivity index (χ4v) is 1.83. The second kappa shape index (κ2) is 5.01. The van der Waals surface area contributed by atoms with E-state index in [4.69, 9.17) is 4.74 Å². The normalized spacial score (nSPS) is 15.7. The van der Waals surface area contributed by atoms with Crippen LogP contribution in [0.3, 0.4) is 0 Å². The molecular formula is C12H18N2O. The second-order valence-electron chi connectivity index (χ2n) is 3.90. The Bertz CT molecular complexity index is 291. The fraction of sp³-hybridized carbons (Fsp3) is 0.583. The maximum absolute atomic E-state index is 5.44. The van der Waals surface area contributed by atoms with E-state index in [0.29, 0.717) is 0 Å². The maximum atomic E-state index is 5.44. The molecule has 0 unspecified atom stereocenters. The van der Waals surface area contributed by atoms with Gasteiger partial charge in [-0.1, -0.05) is 6.92 Å². The highest BCUT2D eigenvalue weighted by atomic mass is 16.5. The quantitative estimate of drug-likeness (QED) is 0.756. The van der Waals surface area contributed by atoms with Gasteiger partial charge >= 0.3 is 0 Å². The van der Waals surface area contributed by atoms with Crippen LogP contribution in [0.15, 0.2) is 18.3 Å². The summed E-state index contributed by atoms with van der Waals surface area (Å²) in [6.07, 6.45) is 5.54. The van der Waals surface area contributed by atoms with E-state index in [1.807, 2.05) is 12.3 Å². The van der Waals surface area contributed by atoms with Crippen molar-refractivity contribution in [3.8, 4) is 5.88 Å². The van der Waals surface area contributed by atoms with Gasteiger partial charge in [0.25, 0.3) is 0 Å². The van der Waals surface area contributed by atoms with Gasteiger partial charge in [0.1, 0.15) is 0 Å². The first-order chi connectivity index (χ1) is 7.40. The molecule has 0 amide bonds. The molecular weight excluding hydrogens is 188 g/mol. The van der Waals surface area contributed by atoms with E-state index in [0.717, 1.165) is 32.0 Å². The molecule has 1 saturated heterocycles. The van der Waals surface area contributed by atoms with Crippen molar-refractivity contribution < 1.29 is 4.74 Å². The van der Waals surface area contributed by atoms with Crippen LogP contribution in [0.2, 0.25) is 0 Å². The number of hydrogen-bond donors (Lipinski definition) is 0. The largest absolute Gasteiger partial charge is 0.478 e. The van der Waals surface area contributed by atoms with E-state index >= 15 is 0 Å². The van der Waals surface area contributed by atoms with Crippen molar-refractivity contribution >= 4 is 5.69 Å². The number of anilines is 1. The second-order valence-corrected chi connectivity index (χ2v) is 3.90. The summed E-state index contributed by atoms with van der Waals surface area (Å²) in [4.78, 5) is 6.67. The highest BCUT2D eigenvalue weighted by Gasteiger charge is 2.12. The summed E-state index contributed by atoms with van der Waals surface area (Å²) in [5.41, 5.74) is 1.22. The van der Waals surface area contributed by atoms with Gasteiger partial charge in [0, 0.05) is 19.2 Å². The van der Waals surface area contributed by atoms with Gasteiger partial charge in [0.15, 0.2) is 0 Å². The average molecular weight is 206 g/mol. The van der Waals surface area contributed by atoms with Gasteiger partial charge in [-0.3, -0.25) is 0 Å². The van der Waals surface area contributed by atoms with E-state index in [-0.39, 0.29) is 0 Å². The minimum atomic E-state index is 0.736. The van der Waals surface area contributed by atoms with Gasteiger partial charge in [-0.2, -0.15) is 0 Å².